The number of urea groups is 1. The first-order valence-corrected chi connectivity index (χ1v) is 5.92. The monoisotopic (exact) mass is 231 g/mol. The average molecular weight is 231 g/mol. The molecule has 1 aliphatic rings. The van der Waals surface area contributed by atoms with Gasteiger partial charge in [0.15, 0.2) is 0 Å². The van der Waals surface area contributed by atoms with E-state index in [1.54, 1.807) is 0 Å². The van der Waals surface area contributed by atoms with Crippen LogP contribution in [0.3, 0.4) is 0 Å². The van der Waals surface area contributed by atoms with Crippen molar-refractivity contribution in [1.82, 2.24) is 16.0 Å². The van der Waals surface area contributed by atoms with E-state index in [0.717, 1.165) is 6.54 Å². The maximum absolute atomic E-state index is 13.4. The Bertz CT molecular complexity index is 235. The molecule has 0 aromatic heterocycles. The quantitative estimate of drug-likeness (QED) is 0.679. The first kappa shape index (κ1) is 13.2. The zero-order chi connectivity index (χ0) is 12.1. The Morgan fingerprint density at radius 1 is 1.44 bits per heavy atom. The lowest BCUT2D eigenvalue weighted by Gasteiger charge is -2.28. The Balaban J connectivity index is 2.32. The summed E-state index contributed by atoms with van der Waals surface area (Å²) in [6.07, 6.45) is -0.348. The van der Waals surface area contributed by atoms with Crippen molar-refractivity contribution in [3.63, 3.8) is 0 Å². The number of alkyl halides is 1. The largest absolute Gasteiger partial charge is 0.335 e. The lowest BCUT2D eigenvalue weighted by Crippen LogP contribution is -2.54. The van der Waals surface area contributed by atoms with Gasteiger partial charge in [-0.2, -0.15) is 0 Å². The number of rotatable bonds is 3. The third-order valence-corrected chi connectivity index (χ3v) is 3.08. The van der Waals surface area contributed by atoms with Crippen LogP contribution in [-0.4, -0.2) is 37.4 Å². The Hall–Kier alpha value is -0.840. The van der Waals surface area contributed by atoms with Gasteiger partial charge >= 0.3 is 6.03 Å². The fourth-order valence-corrected chi connectivity index (χ4v) is 1.57. The number of hydrogen-bond acceptors (Lipinski definition) is 2. The number of halogens is 1. The van der Waals surface area contributed by atoms with E-state index in [1.165, 1.54) is 0 Å². The predicted molar refractivity (Wildman–Crippen MR) is 62.1 cm³/mol. The average Bonchev–Trinajstić information content (AvgIpc) is 2.21. The Morgan fingerprint density at radius 2 is 2.12 bits per heavy atom. The van der Waals surface area contributed by atoms with E-state index < -0.39 is 6.17 Å². The van der Waals surface area contributed by atoms with E-state index in [-0.39, 0.29) is 18.1 Å². The fourth-order valence-electron chi connectivity index (χ4n) is 1.57. The van der Waals surface area contributed by atoms with Gasteiger partial charge in [-0.1, -0.05) is 13.8 Å². The van der Waals surface area contributed by atoms with Gasteiger partial charge in [0.1, 0.15) is 6.17 Å². The van der Waals surface area contributed by atoms with Crippen molar-refractivity contribution in [3.05, 3.63) is 0 Å². The number of amides is 2. The minimum atomic E-state index is -0.992. The summed E-state index contributed by atoms with van der Waals surface area (Å²) in [6, 6.07) is -0.531. The zero-order valence-electron chi connectivity index (χ0n) is 10.2. The minimum absolute atomic E-state index is 0.0970. The van der Waals surface area contributed by atoms with Crippen LogP contribution in [0.2, 0.25) is 0 Å². The topological polar surface area (TPSA) is 53.2 Å². The zero-order valence-corrected chi connectivity index (χ0v) is 10.2. The van der Waals surface area contributed by atoms with Crippen LogP contribution in [0.4, 0.5) is 9.18 Å². The molecular formula is C11H22FN3O. The van der Waals surface area contributed by atoms with Crippen LogP contribution in [0.25, 0.3) is 0 Å². The normalized spacial score (nSPS) is 27.6. The second-order valence-electron chi connectivity index (χ2n) is 4.77. The van der Waals surface area contributed by atoms with Crippen molar-refractivity contribution in [2.24, 2.45) is 5.92 Å². The van der Waals surface area contributed by atoms with Crippen molar-refractivity contribution in [2.45, 2.75) is 45.4 Å². The molecule has 3 unspecified atom stereocenters. The lowest BCUT2D eigenvalue weighted by atomic mass is 10.0. The molecule has 94 valence electrons. The third kappa shape index (κ3) is 3.96. The SMILES string of the molecule is CC(C)C(C)NC(=O)NC1CCNCC1F. The summed E-state index contributed by atoms with van der Waals surface area (Å²) in [4.78, 5) is 11.6. The molecule has 1 saturated heterocycles. The summed E-state index contributed by atoms with van der Waals surface area (Å²) in [7, 11) is 0. The molecule has 2 amide bonds. The number of carbonyl (C=O) groups is 1. The maximum Gasteiger partial charge on any atom is 0.315 e. The van der Waals surface area contributed by atoms with E-state index in [1.807, 2.05) is 20.8 Å². The molecule has 0 spiro atoms. The van der Waals surface area contributed by atoms with Gasteiger partial charge in [-0.3, -0.25) is 0 Å². The molecule has 4 nitrogen and oxygen atoms in total. The molecule has 0 bridgehead atoms. The Morgan fingerprint density at radius 3 is 2.69 bits per heavy atom. The standard InChI is InChI=1S/C11H22FN3O/c1-7(2)8(3)14-11(16)15-10-4-5-13-6-9(10)12/h7-10,13H,4-6H2,1-3H3,(H2,14,15,16). The van der Waals surface area contributed by atoms with Gasteiger partial charge in [0, 0.05) is 12.6 Å². The molecule has 0 radical (unpaired) electrons. The van der Waals surface area contributed by atoms with Crippen molar-refractivity contribution >= 4 is 6.03 Å². The summed E-state index contributed by atoms with van der Waals surface area (Å²) in [6.45, 7) is 7.09. The highest BCUT2D eigenvalue weighted by atomic mass is 19.1. The van der Waals surface area contributed by atoms with E-state index in [9.17, 15) is 9.18 Å². The second-order valence-corrected chi connectivity index (χ2v) is 4.77. The molecule has 0 aliphatic carbocycles. The molecule has 1 heterocycles. The highest BCUT2D eigenvalue weighted by Gasteiger charge is 2.26. The second kappa shape index (κ2) is 6.03. The van der Waals surface area contributed by atoms with Gasteiger partial charge in [-0.05, 0) is 25.8 Å². The molecule has 1 aliphatic heterocycles. The summed E-state index contributed by atoms with van der Waals surface area (Å²) in [5, 5.41) is 8.45. The maximum atomic E-state index is 13.4. The highest BCUT2D eigenvalue weighted by molar-refractivity contribution is 5.74. The minimum Gasteiger partial charge on any atom is -0.335 e. The third-order valence-electron chi connectivity index (χ3n) is 3.08. The molecule has 1 rings (SSSR count). The smallest absolute Gasteiger partial charge is 0.315 e. The van der Waals surface area contributed by atoms with E-state index in [0.29, 0.717) is 18.9 Å². The molecule has 0 aromatic carbocycles. The lowest BCUT2D eigenvalue weighted by molar-refractivity contribution is 0.190. The van der Waals surface area contributed by atoms with Gasteiger partial charge < -0.3 is 16.0 Å². The van der Waals surface area contributed by atoms with Crippen molar-refractivity contribution in [3.8, 4) is 0 Å². The van der Waals surface area contributed by atoms with Crippen LogP contribution in [0.1, 0.15) is 27.2 Å². The Labute approximate surface area is 96.4 Å². The van der Waals surface area contributed by atoms with Crippen molar-refractivity contribution < 1.29 is 9.18 Å². The summed E-state index contributed by atoms with van der Waals surface area (Å²) in [5.74, 6) is 0.375. The van der Waals surface area contributed by atoms with Gasteiger partial charge in [0.05, 0.1) is 6.04 Å². The van der Waals surface area contributed by atoms with E-state index >= 15 is 0 Å². The predicted octanol–water partition coefficient (Wildman–Crippen LogP) is 1.03. The van der Waals surface area contributed by atoms with E-state index in [2.05, 4.69) is 16.0 Å². The molecular weight excluding hydrogens is 209 g/mol. The van der Waals surface area contributed by atoms with Crippen LogP contribution in [0, 0.1) is 5.92 Å². The number of nitrogens with one attached hydrogen (secondary N) is 3. The Kier molecular flexibility index (Phi) is 4.99. The summed E-state index contributed by atoms with van der Waals surface area (Å²) < 4.78 is 13.4. The molecule has 0 saturated carbocycles. The molecule has 3 atom stereocenters. The fraction of sp³-hybridized carbons (Fsp3) is 0.909. The van der Waals surface area contributed by atoms with Gasteiger partial charge in [-0.25, -0.2) is 9.18 Å². The van der Waals surface area contributed by atoms with Gasteiger partial charge in [0.25, 0.3) is 0 Å². The van der Waals surface area contributed by atoms with Crippen LogP contribution < -0.4 is 16.0 Å². The van der Waals surface area contributed by atoms with Crippen LogP contribution in [-0.2, 0) is 0 Å². The number of hydrogen-bond donors (Lipinski definition) is 3. The molecule has 5 heteroatoms. The van der Waals surface area contributed by atoms with E-state index in [4.69, 9.17) is 0 Å². The van der Waals surface area contributed by atoms with Crippen LogP contribution >= 0.6 is 0 Å². The number of carbonyl (C=O) groups excluding carboxylic acids is 1. The molecule has 1 fully saturated rings. The first-order valence-electron chi connectivity index (χ1n) is 5.92. The van der Waals surface area contributed by atoms with Crippen LogP contribution in [0.5, 0.6) is 0 Å². The molecule has 16 heavy (non-hydrogen) atoms. The van der Waals surface area contributed by atoms with Gasteiger partial charge in [-0.15, -0.1) is 0 Å². The van der Waals surface area contributed by atoms with Gasteiger partial charge in [0.2, 0.25) is 0 Å². The molecule has 0 aromatic rings. The van der Waals surface area contributed by atoms with Crippen molar-refractivity contribution in [2.75, 3.05) is 13.1 Å². The first-order chi connectivity index (χ1) is 7.50. The van der Waals surface area contributed by atoms with Crippen LogP contribution in [0.15, 0.2) is 0 Å². The van der Waals surface area contributed by atoms with Crippen molar-refractivity contribution in [1.29, 1.82) is 0 Å². The summed E-state index contributed by atoms with van der Waals surface area (Å²) >= 11 is 0. The molecule has 3 N–H and O–H groups in total. The summed E-state index contributed by atoms with van der Waals surface area (Å²) in [5.41, 5.74) is 0. The highest BCUT2D eigenvalue weighted by Crippen LogP contribution is 2.07. The number of piperidine rings is 1.